The zero-order valence-corrected chi connectivity index (χ0v) is 22.6. The number of hydrazine groups is 1. The van der Waals surface area contributed by atoms with E-state index in [0.717, 1.165) is 19.3 Å². The number of hydrogen-bond donors (Lipinski definition) is 3. The van der Waals surface area contributed by atoms with Crippen LogP contribution in [-0.2, 0) is 6.18 Å². The fourth-order valence-electron chi connectivity index (χ4n) is 5.79. The second-order valence-electron chi connectivity index (χ2n) is 10.7. The molecule has 0 radical (unpaired) electrons. The van der Waals surface area contributed by atoms with Gasteiger partial charge in [0.25, 0.3) is 5.91 Å². The third-order valence-corrected chi connectivity index (χ3v) is 7.74. The topological polar surface area (TPSA) is 118 Å². The first-order valence-corrected chi connectivity index (χ1v) is 13.5. The van der Waals surface area contributed by atoms with Crippen molar-refractivity contribution in [3.05, 3.63) is 89.0 Å². The summed E-state index contributed by atoms with van der Waals surface area (Å²) in [5.74, 6) is 3.63. The molecule has 2 aromatic carbocycles. The number of piperidine rings is 1. The lowest BCUT2D eigenvalue weighted by Crippen LogP contribution is -2.36. The molecule has 2 fully saturated rings. The molecule has 11 heteroatoms. The number of amides is 1. The van der Waals surface area contributed by atoms with Crippen molar-refractivity contribution in [2.24, 2.45) is 17.5 Å². The van der Waals surface area contributed by atoms with Crippen LogP contribution in [0.25, 0.3) is 16.8 Å². The number of aromatic nitrogens is 1. The van der Waals surface area contributed by atoms with Gasteiger partial charge in [0.15, 0.2) is 0 Å². The van der Waals surface area contributed by atoms with E-state index in [2.05, 4.69) is 0 Å². The standard InChI is InChI=1S/C30H32F3N5O3/c1-36(35)17-25(34)23-16-24(23)27-22(29(40)41)11-14-38(27)19-8-5-7-18(15-19)20-9-6-10-21(26(20)30(31,32)33)28(39)37-12-3-2-4-13-37/h5-11,14-15,17,23-24H,2-4,12-13,16,34-35H2,1H3,(H,40,41)/b25-17-/t23?,24-/m1/s1. The van der Waals surface area contributed by atoms with Crippen LogP contribution in [-0.4, -0.2) is 51.6 Å². The first-order chi connectivity index (χ1) is 19.5. The van der Waals surface area contributed by atoms with Gasteiger partial charge in [-0.2, -0.15) is 13.2 Å². The number of likely N-dealkylation sites (tertiary alicyclic amines) is 1. The third kappa shape index (κ3) is 5.67. The van der Waals surface area contributed by atoms with Crippen molar-refractivity contribution in [1.82, 2.24) is 14.5 Å². The smallest absolute Gasteiger partial charge is 0.417 e. The van der Waals surface area contributed by atoms with Gasteiger partial charge in [-0.1, -0.05) is 24.3 Å². The van der Waals surface area contributed by atoms with Crippen LogP contribution in [0.15, 0.2) is 66.6 Å². The Labute approximate surface area is 235 Å². The molecule has 5 rings (SSSR count). The van der Waals surface area contributed by atoms with E-state index in [0.29, 0.717) is 36.6 Å². The van der Waals surface area contributed by atoms with Crippen LogP contribution < -0.4 is 11.6 Å². The summed E-state index contributed by atoms with van der Waals surface area (Å²) in [6.45, 7) is 0.864. The summed E-state index contributed by atoms with van der Waals surface area (Å²) in [7, 11) is 1.63. The number of carboxylic acids is 1. The molecule has 41 heavy (non-hydrogen) atoms. The largest absolute Gasteiger partial charge is 0.478 e. The Balaban J connectivity index is 1.58. The first-order valence-electron chi connectivity index (χ1n) is 13.5. The maximum absolute atomic E-state index is 14.6. The third-order valence-electron chi connectivity index (χ3n) is 7.74. The molecule has 1 amide bonds. The number of nitrogens with zero attached hydrogens (tertiary/aromatic N) is 3. The Morgan fingerprint density at radius 3 is 2.41 bits per heavy atom. The predicted octanol–water partition coefficient (Wildman–Crippen LogP) is 5.20. The molecule has 0 bridgehead atoms. The van der Waals surface area contributed by atoms with Gasteiger partial charge in [0.1, 0.15) is 0 Å². The fraction of sp³-hybridized carbons (Fsp3) is 0.333. The molecule has 2 aliphatic rings. The molecule has 2 heterocycles. The van der Waals surface area contributed by atoms with Gasteiger partial charge in [0, 0.05) is 61.4 Å². The molecule has 1 aliphatic heterocycles. The van der Waals surface area contributed by atoms with Gasteiger partial charge in [-0.25, -0.2) is 10.6 Å². The Morgan fingerprint density at radius 2 is 1.76 bits per heavy atom. The average Bonchev–Trinajstić information content (AvgIpc) is 3.61. The Morgan fingerprint density at radius 1 is 1.05 bits per heavy atom. The summed E-state index contributed by atoms with van der Waals surface area (Å²) in [6, 6.07) is 12.0. The van der Waals surface area contributed by atoms with Crippen molar-refractivity contribution >= 4 is 11.9 Å². The highest BCUT2D eigenvalue weighted by molar-refractivity contribution is 5.98. The van der Waals surface area contributed by atoms with Crippen molar-refractivity contribution < 1.29 is 27.9 Å². The van der Waals surface area contributed by atoms with Crippen LogP contribution in [0.4, 0.5) is 13.2 Å². The minimum atomic E-state index is -4.77. The number of benzene rings is 2. The SMILES string of the molecule is CN(N)/C=C(\N)C1C[C@H]1c1c(C(=O)O)ccn1-c1cccc(-c2cccc(C(=O)N3CCCCC3)c2C(F)(F)F)c1. The molecule has 1 aromatic heterocycles. The molecule has 1 saturated heterocycles. The number of carbonyl (C=O) groups is 2. The average molecular weight is 568 g/mol. The van der Waals surface area contributed by atoms with Crippen molar-refractivity contribution in [2.45, 2.75) is 37.8 Å². The summed E-state index contributed by atoms with van der Waals surface area (Å²) in [5, 5.41) is 11.2. The quantitative estimate of drug-likeness (QED) is 0.267. The predicted molar refractivity (Wildman–Crippen MR) is 148 cm³/mol. The summed E-state index contributed by atoms with van der Waals surface area (Å²) in [6.07, 6.45) is 1.49. The van der Waals surface area contributed by atoms with E-state index in [1.807, 2.05) is 0 Å². The van der Waals surface area contributed by atoms with E-state index in [9.17, 15) is 27.9 Å². The Kier molecular flexibility index (Phi) is 7.56. The highest BCUT2D eigenvalue weighted by atomic mass is 19.4. The molecule has 1 saturated carbocycles. The monoisotopic (exact) mass is 567 g/mol. The number of nitrogens with two attached hydrogens (primary N) is 2. The zero-order chi connectivity index (χ0) is 29.5. The van der Waals surface area contributed by atoms with Crippen LogP contribution in [0.2, 0.25) is 0 Å². The Bertz CT molecular complexity index is 1510. The van der Waals surface area contributed by atoms with Crippen LogP contribution in [0.1, 0.15) is 63.6 Å². The van der Waals surface area contributed by atoms with Gasteiger partial charge in [-0.3, -0.25) is 4.79 Å². The normalized spacial score (nSPS) is 19.2. The molecule has 8 nitrogen and oxygen atoms in total. The number of allylic oxidation sites excluding steroid dienone is 1. The summed E-state index contributed by atoms with van der Waals surface area (Å²) >= 11 is 0. The Hall–Kier alpha value is -4.25. The second-order valence-corrected chi connectivity index (χ2v) is 10.7. The van der Waals surface area contributed by atoms with Crippen LogP contribution in [0, 0.1) is 5.92 Å². The number of carboxylic acid groups (broad SMARTS) is 1. The highest BCUT2D eigenvalue weighted by Gasteiger charge is 2.44. The summed E-state index contributed by atoms with van der Waals surface area (Å²) < 4.78 is 45.4. The van der Waals surface area contributed by atoms with Gasteiger partial charge in [0.05, 0.1) is 16.7 Å². The van der Waals surface area contributed by atoms with E-state index in [1.165, 1.54) is 34.2 Å². The molecule has 0 spiro atoms. The molecule has 216 valence electrons. The molecule has 1 unspecified atom stereocenters. The van der Waals surface area contributed by atoms with Gasteiger partial charge >= 0.3 is 12.1 Å². The molecular formula is C30H32F3N5O3. The number of rotatable bonds is 7. The fourth-order valence-corrected chi connectivity index (χ4v) is 5.79. The maximum Gasteiger partial charge on any atom is 0.417 e. The maximum atomic E-state index is 14.6. The molecular weight excluding hydrogens is 535 g/mol. The number of halogens is 3. The van der Waals surface area contributed by atoms with E-state index >= 15 is 0 Å². The van der Waals surface area contributed by atoms with Gasteiger partial charge in [-0.15, -0.1) is 0 Å². The van der Waals surface area contributed by atoms with Crippen LogP contribution in [0.3, 0.4) is 0 Å². The molecule has 2 atom stereocenters. The lowest BCUT2D eigenvalue weighted by atomic mass is 9.93. The number of alkyl halides is 3. The summed E-state index contributed by atoms with van der Waals surface area (Å²) in [4.78, 5) is 26.8. The zero-order valence-electron chi connectivity index (χ0n) is 22.6. The van der Waals surface area contributed by atoms with E-state index in [4.69, 9.17) is 11.6 Å². The van der Waals surface area contributed by atoms with Crippen molar-refractivity contribution in [2.75, 3.05) is 20.1 Å². The highest BCUT2D eigenvalue weighted by Crippen LogP contribution is 2.52. The van der Waals surface area contributed by atoms with Gasteiger partial charge < -0.3 is 25.3 Å². The number of aromatic carboxylic acids is 1. The number of carbonyl (C=O) groups excluding carboxylic acids is 1. The lowest BCUT2D eigenvalue weighted by Gasteiger charge is -2.28. The molecule has 5 N–H and O–H groups in total. The van der Waals surface area contributed by atoms with Gasteiger partial charge in [-0.05, 0) is 61.1 Å². The first kappa shape index (κ1) is 28.3. The van der Waals surface area contributed by atoms with Crippen molar-refractivity contribution in [3.8, 4) is 16.8 Å². The van der Waals surface area contributed by atoms with E-state index in [-0.39, 0.29) is 34.1 Å². The second kappa shape index (κ2) is 11.0. The van der Waals surface area contributed by atoms with E-state index < -0.39 is 23.6 Å². The van der Waals surface area contributed by atoms with Gasteiger partial charge in [0.2, 0.25) is 0 Å². The molecule has 1 aliphatic carbocycles. The van der Waals surface area contributed by atoms with Crippen molar-refractivity contribution in [1.29, 1.82) is 0 Å². The molecule has 3 aromatic rings. The number of hydrogen-bond acceptors (Lipinski definition) is 5. The van der Waals surface area contributed by atoms with Crippen LogP contribution in [0.5, 0.6) is 0 Å². The summed E-state index contributed by atoms with van der Waals surface area (Å²) in [5.41, 5.74) is 6.61. The lowest BCUT2D eigenvalue weighted by molar-refractivity contribution is -0.137. The van der Waals surface area contributed by atoms with Crippen LogP contribution >= 0.6 is 0 Å². The van der Waals surface area contributed by atoms with E-state index in [1.54, 1.807) is 48.3 Å². The van der Waals surface area contributed by atoms with Crippen molar-refractivity contribution in [3.63, 3.8) is 0 Å². The minimum Gasteiger partial charge on any atom is -0.478 e. The minimum absolute atomic E-state index is 0.0990.